The van der Waals surface area contributed by atoms with Crippen LogP contribution in [0.15, 0.2) is 0 Å². The minimum absolute atomic E-state index is 0.480. The van der Waals surface area contributed by atoms with Gasteiger partial charge in [0.1, 0.15) is 0 Å². The molecule has 2 saturated heterocycles. The molecule has 0 amide bonds. The van der Waals surface area contributed by atoms with E-state index in [9.17, 15) is 12.3 Å². The van der Waals surface area contributed by atoms with E-state index in [0.29, 0.717) is 4.59 Å². The lowest BCUT2D eigenvalue weighted by atomic mass is 10.2. The Labute approximate surface area is 113 Å². The van der Waals surface area contributed by atoms with Gasteiger partial charge in [-0.25, -0.2) is 10.0 Å². The smallest absolute Gasteiger partial charge is 0.225 e. The van der Waals surface area contributed by atoms with Crippen LogP contribution < -0.4 is 16.5 Å². The number of nitrogens with one attached hydrogen (secondary N) is 3. The molecule has 1 atom stereocenters. The number of nitrogens with zero attached hydrogens (tertiary/aromatic N) is 2. The maximum Gasteiger partial charge on any atom is 0.340 e. The van der Waals surface area contributed by atoms with Crippen LogP contribution in [0.3, 0.4) is 0 Å². The summed E-state index contributed by atoms with van der Waals surface area (Å²) in [5.74, 6) is 0. The van der Waals surface area contributed by atoms with E-state index in [2.05, 4.69) is 23.4 Å². The summed E-state index contributed by atoms with van der Waals surface area (Å²) >= 11 is 0. The normalized spacial score (nSPS) is 28.0. The number of rotatable bonds is 6. The molecule has 0 aromatic rings. The van der Waals surface area contributed by atoms with Crippen molar-refractivity contribution in [2.45, 2.75) is 44.5 Å². The van der Waals surface area contributed by atoms with Crippen molar-refractivity contribution in [1.29, 1.82) is 0 Å². The van der Waals surface area contributed by atoms with Crippen LogP contribution in [0, 0.1) is 0 Å². The number of quaternary nitrogens is 1. The van der Waals surface area contributed by atoms with E-state index in [0.717, 1.165) is 51.7 Å². The maximum atomic E-state index is 13.3. The third-order valence-electron chi connectivity index (χ3n) is 3.89. The molecule has 0 spiro atoms. The van der Waals surface area contributed by atoms with Crippen LogP contribution in [-0.2, 0) is 10.2 Å². The SMILES string of the molecule is CCCCC[N+]1(N2NNNC2S(=O)(=O)F)CCCC1. The lowest BCUT2D eigenvalue weighted by Gasteiger charge is -2.40. The molecule has 0 saturated carbocycles. The van der Waals surface area contributed by atoms with E-state index < -0.39 is 15.7 Å². The number of likely N-dealkylation sites (tertiary alicyclic amines) is 1. The Kier molecular flexibility index (Phi) is 4.75. The monoisotopic (exact) mass is 296 g/mol. The fourth-order valence-electron chi connectivity index (χ4n) is 2.92. The quantitative estimate of drug-likeness (QED) is 0.367. The number of hydrogen-bond donors (Lipinski definition) is 3. The van der Waals surface area contributed by atoms with Crippen molar-refractivity contribution < 1.29 is 16.9 Å². The van der Waals surface area contributed by atoms with Gasteiger partial charge in [-0.05, 0) is 18.0 Å². The average Bonchev–Trinajstić information content (AvgIpc) is 2.97. The lowest BCUT2D eigenvalue weighted by Crippen LogP contribution is -2.66. The first-order valence-corrected chi connectivity index (χ1v) is 8.30. The van der Waals surface area contributed by atoms with Crippen LogP contribution in [-0.4, -0.2) is 43.3 Å². The van der Waals surface area contributed by atoms with Gasteiger partial charge < -0.3 is 0 Å². The van der Waals surface area contributed by atoms with E-state index in [-0.39, 0.29) is 0 Å². The molecule has 0 aromatic carbocycles. The summed E-state index contributed by atoms with van der Waals surface area (Å²) in [7, 11) is -4.68. The zero-order valence-corrected chi connectivity index (χ0v) is 12.0. The Morgan fingerprint density at radius 3 is 2.58 bits per heavy atom. The number of halogens is 1. The molecule has 3 N–H and O–H groups in total. The molecule has 2 heterocycles. The van der Waals surface area contributed by atoms with Gasteiger partial charge in [-0.3, -0.25) is 0 Å². The summed E-state index contributed by atoms with van der Waals surface area (Å²) in [6, 6.07) is 0. The number of hydrazine groups is 3. The Balaban J connectivity index is 2.14. The molecule has 0 aliphatic carbocycles. The van der Waals surface area contributed by atoms with Gasteiger partial charge in [-0.15, -0.1) is 9.42 Å². The predicted molar refractivity (Wildman–Crippen MR) is 68.7 cm³/mol. The highest BCUT2D eigenvalue weighted by atomic mass is 32.3. The average molecular weight is 296 g/mol. The molecule has 0 aromatic heterocycles. The maximum absolute atomic E-state index is 13.3. The molecule has 9 heteroatoms. The molecule has 2 rings (SSSR count). The van der Waals surface area contributed by atoms with Crippen LogP contribution in [0.2, 0.25) is 0 Å². The summed E-state index contributed by atoms with van der Waals surface area (Å²) in [6.45, 7) is 4.63. The fourth-order valence-corrected chi connectivity index (χ4v) is 3.61. The van der Waals surface area contributed by atoms with Gasteiger partial charge in [0.2, 0.25) is 0 Å². The van der Waals surface area contributed by atoms with E-state index in [4.69, 9.17) is 0 Å². The van der Waals surface area contributed by atoms with Gasteiger partial charge in [0.15, 0.2) is 0 Å². The first-order valence-electron chi connectivity index (χ1n) is 6.85. The lowest BCUT2D eigenvalue weighted by molar-refractivity contribution is -1.03. The van der Waals surface area contributed by atoms with E-state index in [1.165, 1.54) is 5.12 Å². The van der Waals surface area contributed by atoms with Crippen LogP contribution in [0.25, 0.3) is 0 Å². The second-order valence-electron chi connectivity index (χ2n) is 5.23. The number of unbranched alkanes of at least 4 members (excludes halogenated alkanes) is 2. The molecule has 2 fully saturated rings. The Hall–Kier alpha value is -0.320. The Morgan fingerprint density at radius 1 is 1.32 bits per heavy atom. The van der Waals surface area contributed by atoms with Crippen molar-refractivity contribution >= 4 is 10.2 Å². The fraction of sp³-hybridized carbons (Fsp3) is 1.00. The van der Waals surface area contributed by atoms with Gasteiger partial charge in [0.25, 0.3) is 5.50 Å². The second kappa shape index (κ2) is 5.98. The van der Waals surface area contributed by atoms with Crippen molar-refractivity contribution in [3.05, 3.63) is 0 Å². The van der Waals surface area contributed by atoms with E-state index >= 15 is 0 Å². The minimum atomic E-state index is -4.68. The van der Waals surface area contributed by atoms with Crippen LogP contribution in [0.4, 0.5) is 3.89 Å². The molecule has 2 aliphatic rings. The summed E-state index contributed by atoms with van der Waals surface area (Å²) in [5, 5.41) is 1.47. The highest BCUT2D eigenvalue weighted by molar-refractivity contribution is 7.86. The van der Waals surface area contributed by atoms with Gasteiger partial charge in [-0.2, -0.15) is 14.0 Å². The van der Waals surface area contributed by atoms with Crippen molar-refractivity contribution in [1.82, 2.24) is 21.6 Å². The van der Waals surface area contributed by atoms with Crippen molar-refractivity contribution in [2.24, 2.45) is 0 Å². The summed E-state index contributed by atoms with van der Waals surface area (Å²) in [5.41, 5.74) is 6.32. The minimum Gasteiger partial charge on any atom is -0.225 e. The molecule has 0 radical (unpaired) electrons. The first-order chi connectivity index (χ1) is 8.99. The third kappa shape index (κ3) is 3.23. The van der Waals surface area contributed by atoms with Gasteiger partial charge in [-0.1, -0.05) is 13.3 Å². The van der Waals surface area contributed by atoms with Crippen molar-refractivity contribution in [3.8, 4) is 0 Å². The van der Waals surface area contributed by atoms with Crippen molar-refractivity contribution in [3.63, 3.8) is 0 Å². The highest BCUT2D eigenvalue weighted by Crippen LogP contribution is 2.26. The van der Waals surface area contributed by atoms with Gasteiger partial charge in [0.05, 0.1) is 19.6 Å². The largest absolute Gasteiger partial charge is 0.340 e. The zero-order chi connectivity index (χ0) is 13.9. The Bertz CT molecular complexity index is 399. The molecular formula is C10H23FN5O2S+. The topological polar surface area (TPSA) is 73.5 Å². The van der Waals surface area contributed by atoms with E-state index in [1.54, 1.807) is 0 Å². The standard InChI is InChI=1S/C10H23FN5O2S/c1-2-3-4-7-16(8-5-6-9-16)15-10(12-13-14-15)19(11,17)18/h10,12-14H,2-9H2,1H3/q+1. The van der Waals surface area contributed by atoms with Crippen LogP contribution in [0.5, 0.6) is 0 Å². The second-order valence-corrected chi connectivity index (χ2v) is 6.63. The molecule has 7 nitrogen and oxygen atoms in total. The predicted octanol–water partition coefficient (Wildman–Crippen LogP) is 0.115. The molecule has 112 valence electrons. The van der Waals surface area contributed by atoms with Crippen molar-refractivity contribution in [2.75, 3.05) is 19.6 Å². The van der Waals surface area contributed by atoms with Gasteiger partial charge in [0, 0.05) is 12.8 Å². The molecule has 2 aliphatic heterocycles. The molecule has 1 unspecified atom stereocenters. The first kappa shape index (κ1) is 15.1. The summed E-state index contributed by atoms with van der Waals surface area (Å²) in [6.07, 6.45) is 5.27. The number of hydrogen-bond acceptors (Lipinski definition) is 6. The summed E-state index contributed by atoms with van der Waals surface area (Å²) in [4.78, 5) is 0. The summed E-state index contributed by atoms with van der Waals surface area (Å²) < 4.78 is 36.2. The molecule has 0 bridgehead atoms. The molecular weight excluding hydrogens is 273 g/mol. The van der Waals surface area contributed by atoms with Crippen LogP contribution >= 0.6 is 0 Å². The highest BCUT2D eigenvalue weighted by Gasteiger charge is 2.50. The third-order valence-corrected chi connectivity index (χ3v) is 4.74. The molecule has 19 heavy (non-hydrogen) atoms. The Morgan fingerprint density at radius 2 is 2.00 bits per heavy atom. The van der Waals surface area contributed by atoms with Gasteiger partial charge >= 0.3 is 10.2 Å². The zero-order valence-electron chi connectivity index (χ0n) is 11.2. The van der Waals surface area contributed by atoms with E-state index in [1.807, 2.05) is 0 Å². The van der Waals surface area contributed by atoms with Crippen LogP contribution in [0.1, 0.15) is 39.0 Å².